The van der Waals surface area contributed by atoms with E-state index in [9.17, 15) is 0 Å². The summed E-state index contributed by atoms with van der Waals surface area (Å²) < 4.78 is 2.39. The molecule has 152 valence electrons. The number of aromatic nitrogens is 2. The molecular weight excluding hydrogens is 432 g/mol. The fourth-order valence-electron chi connectivity index (χ4n) is 3.45. The van der Waals surface area contributed by atoms with E-state index < -0.39 is 0 Å². The van der Waals surface area contributed by atoms with Crippen LogP contribution in [-0.4, -0.2) is 9.97 Å². The summed E-state index contributed by atoms with van der Waals surface area (Å²) in [4.78, 5) is 9.43. The molecule has 0 atom stereocenters. The molecule has 0 bridgehead atoms. The van der Waals surface area contributed by atoms with E-state index in [2.05, 4.69) is 22.4 Å². The number of thiazole rings is 2. The molecule has 0 amide bonds. The number of nitrogens with zero attached hydrogens (tertiary/aromatic N) is 4. The zero-order chi connectivity index (χ0) is 21.3. The highest BCUT2D eigenvalue weighted by Gasteiger charge is 2.07. The van der Waals surface area contributed by atoms with Crippen LogP contribution >= 0.6 is 22.7 Å². The number of rotatable bonds is 4. The molecular formula is C26H16N4S2. The van der Waals surface area contributed by atoms with Gasteiger partial charge in [-0.1, -0.05) is 24.3 Å². The first-order chi connectivity index (χ1) is 15.8. The third-order valence-electron chi connectivity index (χ3n) is 5.10. The fourth-order valence-corrected chi connectivity index (χ4v) is 5.39. The van der Waals surface area contributed by atoms with Gasteiger partial charge in [-0.2, -0.15) is 10.2 Å². The van der Waals surface area contributed by atoms with Crippen LogP contribution in [-0.2, 0) is 0 Å². The van der Waals surface area contributed by atoms with E-state index in [1.165, 1.54) is 9.40 Å². The van der Waals surface area contributed by atoms with Gasteiger partial charge in [0, 0.05) is 11.1 Å². The highest BCUT2D eigenvalue weighted by Crippen LogP contribution is 2.33. The lowest BCUT2D eigenvalue weighted by Crippen LogP contribution is -1.75. The average molecular weight is 449 g/mol. The summed E-state index contributed by atoms with van der Waals surface area (Å²) in [5.74, 6) is 0. The Morgan fingerprint density at radius 1 is 0.469 bits per heavy atom. The van der Waals surface area contributed by atoms with Gasteiger partial charge in [-0.15, -0.1) is 22.7 Å². The molecule has 2 heterocycles. The smallest absolute Gasteiger partial charge is 0.124 e. The summed E-state index contributed by atoms with van der Waals surface area (Å²) in [5, 5.41) is 10.8. The van der Waals surface area contributed by atoms with Crippen LogP contribution in [0, 0.1) is 0 Å². The summed E-state index contributed by atoms with van der Waals surface area (Å²) in [5.41, 5.74) is 5.86. The van der Waals surface area contributed by atoms with Gasteiger partial charge in [0.15, 0.2) is 0 Å². The predicted octanol–water partition coefficient (Wildman–Crippen LogP) is 8.66. The first-order valence-electron chi connectivity index (χ1n) is 10.2. The van der Waals surface area contributed by atoms with E-state index in [0.717, 1.165) is 43.6 Å². The molecule has 0 unspecified atom stereocenters. The number of azo groups is 1. The van der Waals surface area contributed by atoms with E-state index in [-0.39, 0.29) is 0 Å². The Bertz CT molecular complexity index is 1380. The van der Waals surface area contributed by atoms with Crippen LogP contribution < -0.4 is 0 Å². The normalized spacial score (nSPS) is 11.6. The lowest BCUT2D eigenvalue weighted by molar-refractivity contribution is 1.23. The van der Waals surface area contributed by atoms with Crippen molar-refractivity contribution in [2.75, 3.05) is 0 Å². The van der Waals surface area contributed by atoms with Crippen LogP contribution in [0.15, 0.2) is 107 Å². The lowest BCUT2D eigenvalue weighted by atomic mass is 10.2. The van der Waals surface area contributed by atoms with Gasteiger partial charge in [0.05, 0.1) is 31.8 Å². The van der Waals surface area contributed by atoms with E-state index in [1.54, 1.807) is 22.7 Å². The molecule has 6 aromatic rings. The van der Waals surface area contributed by atoms with Gasteiger partial charge < -0.3 is 0 Å². The van der Waals surface area contributed by atoms with Crippen LogP contribution in [0.25, 0.3) is 41.6 Å². The number of fused-ring (bicyclic) bond motifs is 2. The molecule has 0 aliphatic carbocycles. The zero-order valence-electron chi connectivity index (χ0n) is 16.8. The second kappa shape index (κ2) is 8.07. The Morgan fingerprint density at radius 2 is 0.875 bits per heavy atom. The minimum atomic E-state index is 0.810. The molecule has 0 saturated heterocycles. The Balaban J connectivity index is 1.19. The Hall–Kier alpha value is -3.74. The first-order valence-corrected chi connectivity index (χ1v) is 11.8. The van der Waals surface area contributed by atoms with Crippen molar-refractivity contribution < 1.29 is 0 Å². The summed E-state index contributed by atoms with van der Waals surface area (Å²) in [6.07, 6.45) is 0. The summed E-state index contributed by atoms with van der Waals surface area (Å²) >= 11 is 3.40. The molecule has 0 radical (unpaired) electrons. The maximum Gasteiger partial charge on any atom is 0.124 e. The third kappa shape index (κ3) is 3.70. The van der Waals surface area contributed by atoms with E-state index in [1.807, 2.05) is 84.9 Å². The average Bonchev–Trinajstić information content (AvgIpc) is 3.48. The minimum Gasteiger partial charge on any atom is -0.236 e. The molecule has 2 aromatic heterocycles. The number of para-hydroxylation sites is 2. The van der Waals surface area contributed by atoms with Crippen molar-refractivity contribution in [2.45, 2.75) is 0 Å². The monoisotopic (exact) mass is 448 g/mol. The second-order valence-electron chi connectivity index (χ2n) is 7.27. The molecule has 0 spiro atoms. The van der Waals surface area contributed by atoms with Gasteiger partial charge in [0.1, 0.15) is 10.0 Å². The standard InChI is InChI=1S/C26H16N4S2/c1-3-7-23-21(5-1)27-25(31-23)17-9-13-19(14-10-17)29-30-20-15-11-18(12-16-20)26-28-22-6-2-4-8-24(22)32-26/h1-16H/b30-29+. The molecule has 6 rings (SSSR count). The SMILES string of the molecule is c1ccc2sc(-c3ccc(/N=N/c4ccc(-c5nc6ccccc6s5)cc4)cc3)nc2c1. The Morgan fingerprint density at radius 3 is 1.28 bits per heavy atom. The van der Waals surface area contributed by atoms with Crippen molar-refractivity contribution >= 4 is 54.5 Å². The van der Waals surface area contributed by atoms with Gasteiger partial charge >= 0.3 is 0 Å². The molecule has 32 heavy (non-hydrogen) atoms. The van der Waals surface area contributed by atoms with E-state index >= 15 is 0 Å². The van der Waals surface area contributed by atoms with Crippen LogP contribution in [0.5, 0.6) is 0 Å². The summed E-state index contributed by atoms with van der Waals surface area (Å²) in [6.45, 7) is 0. The highest BCUT2D eigenvalue weighted by molar-refractivity contribution is 7.22. The predicted molar refractivity (Wildman–Crippen MR) is 134 cm³/mol. The quantitative estimate of drug-likeness (QED) is 0.253. The van der Waals surface area contributed by atoms with Crippen molar-refractivity contribution in [2.24, 2.45) is 10.2 Å². The van der Waals surface area contributed by atoms with Gasteiger partial charge in [0.2, 0.25) is 0 Å². The van der Waals surface area contributed by atoms with Gasteiger partial charge in [-0.3, -0.25) is 0 Å². The third-order valence-corrected chi connectivity index (χ3v) is 7.27. The van der Waals surface area contributed by atoms with Crippen molar-refractivity contribution in [1.82, 2.24) is 9.97 Å². The Kier molecular flexibility index (Phi) is 4.79. The second-order valence-corrected chi connectivity index (χ2v) is 9.33. The molecule has 0 saturated carbocycles. The van der Waals surface area contributed by atoms with Gasteiger partial charge in [0.25, 0.3) is 0 Å². The van der Waals surface area contributed by atoms with Crippen LogP contribution in [0.2, 0.25) is 0 Å². The van der Waals surface area contributed by atoms with Crippen LogP contribution in [0.4, 0.5) is 11.4 Å². The van der Waals surface area contributed by atoms with Crippen molar-refractivity contribution in [3.05, 3.63) is 97.1 Å². The first kappa shape index (κ1) is 19.0. The maximum absolute atomic E-state index is 4.71. The minimum absolute atomic E-state index is 0.810. The van der Waals surface area contributed by atoms with Crippen molar-refractivity contribution in [3.8, 4) is 21.1 Å². The van der Waals surface area contributed by atoms with E-state index in [4.69, 9.17) is 9.97 Å². The zero-order valence-corrected chi connectivity index (χ0v) is 18.5. The number of hydrogen-bond acceptors (Lipinski definition) is 6. The van der Waals surface area contributed by atoms with E-state index in [0.29, 0.717) is 0 Å². The topological polar surface area (TPSA) is 50.5 Å². The van der Waals surface area contributed by atoms with Crippen LogP contribution in [0.1, 0.15) is 0 Å². The Labute approximate surface area is 192 Å². The number of hydrogen-bond donors (Lipinski definition) is 0. The maximum atomic E-state index is 4.71. The van der Waals surface area contributed by atoms with Crippen LogP contribution in [0.3, 0.4) is 0 Å². The largest absolute Gasteiger partial charge is 0.236 e. The van der Waals surface area contributed by atoms with Gasteiger partial charge in [-0.05, 0) is 72.8 Å². The lowest BCUT2D eigenvalue weighted by Gasteiger charge is -1.98. The highest BCUT2D eigenvalue weighted by atomic mass is 32.1. The molecule has 4 nitrogen and oxygen atoms in total. The fraction of sp³-hybridized carbons (Fsp3) is 0. The van der Waals surface area contributed by atoms with Crippen molar-refractivity contribution in [3.63, 3.8) is 0 Å². The summed E-state index contributed by atoms with van der Waals surface area (Å²) in [7, 11) is 0. The molecule has 6 heteroatoms. The molecule has 0 N–H and O–H groups in total. The summed E-state index contributed by atoms with van der Waals surface area (Å²) in [6, 6.07) is 32.5. The van der Waals surface area contributed by atoms with Gasteiger partial charge in [-0.25, -0.2) is 9.97 Å². The number of benzene rings is 4. The molecule has 0 fully saturated rings. The molecule has 0 aliphatic rings. The molecule has 0 aliphatic heterocycles. The molecule has 4 aromatic carbocycles. The van der Waals surface area contributed by atoms with Crippen molar-refractivity contribution in [1.29, 1.82) is 0 Å².